The average molecular weight is 271 g/mol. The normalized spacial score (nSPS) is 11.6. The van der Waals surface area contributed by atoms with Gasteiger partial charge in [0, 0.05) is 24.0 Å². The van der Waals surface area contributed by atoms with Gasteiger partial charge in [-0.3, -0.25) is 5.10 Å². The van der Waals surface area contributed by atoms with Gasteiger partial charge >= 0.3 is 6.18 Å². The van der Waals surface area contributed by atoms with Crippen molar-refractivity contribution in [2.75, 3.05) is 5.32 Å². The largest absolute Gasteiger partial charge is 0.433 e. The van der Waals surface area contributed by atoms with Crippen molar-refractivity contribution < 1.29 is 13.2 Å². The van der Waals surface area contributed by atoms with E-state index in [0.29, 0.717) is 6.54 Å². The molecule has 0 unspecified atom stereocenters. The maximum Gasteiger partial charge on any atom is 0.433 e. The summed E-state index contributed by atoms with van der Waals surface area (Å²) in [4.78, 5) is 7.18. The highest BCUT2D eigenvalue weighted by molar-refractivity contribution is 5.31. The van der Waals surface area contributed by atoms with Crippen LogP contribution in [0.5, 0.6) is 0 Å². The van der Waals surface area contributed by atoms with Crippen molar-refractivity contribution in [3.8, 4) is 0 Å². The van der Waals surface area contributed by atoms with Gasteiger partial charge in [0.05, 0.1) is 5.69 Å². The SMILES string of the molecule is Cc1n[nH]c(C)c1CNc1nccc(C(F)(F)F)n1. The second kappa shape index (κ2) is 4.87. The highest BCUT2D eigenvalue weighted by atomic mass is 19.4. The minimum atomic E-state index is -4.47. The Labute approximate surface area is 107 Å². The van der Waals surface area contributed by atoms with Crippen LogP contribution >= 0.6 is 0 Å². The molecule has 0 spiro atoms. The molecule has 2 rings (SSSR count). The van der Waals surface area contributed by atoms with Crippen LogP contribution in [0.25, 0.3) is 0 Å². The zero-order valence-corrected chi connectivity index (χ0v) is 10.3. The molecule has 0 saturated heterocycles. The van der Waals surface area contributed by atoms with E-state index in [9.17, 15) is 13.2 Å². The van der Waals surface area contributed by atoms with Crippen LogP contribution < -0.4 is 5.32 Å². The average Bonchev–Trinajstić information content (AvgIpc) is 2.66. The summed E-state index contributed by atoms with van der Waals surface area (Å²) in [6, 6.07) is 0.833. The van der Waals surface area contributed by atoms with Crippen molar-refractivity contribution in [1.29, 1.82) is 0 Å². The molecule has 0 aliphatic heterocycles. The number of aromatic nitrogens is 4. The molecule has 8 heteroatoms. The van der Waals surface area contributed by atoms with Crippen LogP contribution in [0.1, 0.15) is 22.6 Å². The van der Waals surface area contributed by atoms with E-state index >= 15 is 0 Å². The highest BCUT2D eigenvalue weighted by Crippen LogP contribution is 2.27. The summed E-state index contributed by atoms with van der Waals surface area (Å²) in [6.45, 7) is 3.97. The minimum absolute atomic E-state index is 0.0603. The predicted octanol–water partition coefficient (Wildman–Crippen LogP) is 2.45. The molecule has 0 fully saturated rings. The first-order valence-corrected chi connectivity index (χ1v) is 5.52. The van der Waals surface area contributed by atoms with Crippen LogP contribution in [0.15, 0.2) is 12.3 Å². The topological polar surface area (TPSA) is 66.5 Å². The number of rotatable bonds is 3. The standard InChI is InChI=1S/C11H12F3N5/c1-6-8(7(2)19-18-6)5-16-10-15-4-3-9(17-10)11(12,13)14/h3-4H,5H2,1-2H3,(H,18,19)(H,15,16,17). The predicted molar refractivity (Wildman–Crippen MR) is 62.4 cm³/mol. The summed E-state index contributed by atoms with van der Waals surface area (Å²) in [7, 11) is 0. The number of anilines is 1. The summed E-state index contributed by atoms with van der Waals surface area (Å²) < 4.78 is 37.4. The fraction of sp³-hybridized carbons (Fsp3) is 0.364. The zero-order chi connectivity index (χ0) is 14.0. The maximum absolute atomic E-state index is 12.5. The Kier molecular flexibility index (Phi) is 3.41. The number of aryl methyl sites for hydroxylation is 2. The Hall–Kier alpha value is -2.12. The second-order valence-electron chi connectivity index (χ2n) is 4.03. The Morgan fingerprint density at radius 2 is 2.05 bits per heavy atom. The van der Waals surface area contributed by atoms with Gasteiger partial charge < -0.3 is 5.32 Å². The quantitative estimate of drug-likeness (QED) is 0.899. The van der Waals surface area contributed by atoms with Crippen molar-refractivity contribution in [3.63, 3.8) is 0 Å². The highest BCUT2D eigenvalue weighted by Gasteiger charge is 2.32. The first-order valence-electron chi connectivity index (χ1n) is 5.52. The lowest BCUT2D eigenvalue weighted by atomic mass is 10.2. The van der Waals surface area contributed by atoms with Crippen LogP contribution in [-0.2, 0) is 12.7 Å². The summed E-state index contributed by atoms with van der Waals surface area (Å²) in [6.07, 6.45) is -3.39. The van der Waals surface area contributed by atoms with Crippen LogP contribution in [0.4, 0.5) is 19.1 Å². The third kappa shape index (κ3) is 3.01. The number of hydrogen-bond acceptors (Lipinski definition) is 4. The fourth-order valence-corrected chi connectivity index (χ4v) is 1.60. The number of aromatic amines is 1. The molecular weight excluding hydrogens is 259 g/mol. The van der Waals surface area contributed by atoms with Crippen molar-refractivity contribution in [3.05, 3.63) is 34.9 Å². The Balaban J connectivity index is 2.12. The van der Waals surface area contributed by atoms with Gasteiger partial charge in [-0.15, -0.1) is 0 Å². The second-order valence-corrected chi connectivity index (χ2v) is 4.03. The van der Waals surface area contributed by atoms with Gasteiger partial charge in [-0.25, -0.2) is 9.97 Å². The van der Waals surface area contributed by atoms with Gasteiger partial charge in [-0.2, -0.15) is 18.3 Å². The van der Waals surface area contributed by atoms with E-state index in [1.165, 1.54) is 0 Å². The lowest BCUT2D eigenvalue weighted by Crippen LogP contribution is -2.11. The van der Waals surface area contributed by atoms with Gasteiger partial charge in [0.2, 0.25) is 5.95 Å². The van der Waals surface area contributed by atoms with Crippen molar-refractivity contribution in [2.24, 2.45) is 0 Å². The third-order valence-electron chi connectivity index (χ3n) is 2.65. The van der Waals surface area contributed by atoms with E-state index in [1.54, 1.807) is 0 Å². The van der Waals surface area contributed by atoms with E-state index < -0.39 is 11.9 Å². The summed E-state index contributed by atoms with van der Waals surface area (Å²) in [5, 5.41) is 9.56. The van der Waals surface area contributed by atoms with Crippen LogP contribution in [0.3, 0.4) is 0 Å². The molecule has 0 saturated carbocycles. The summed E-state index contributed by atoms with van der Waals surface area (Å²) in [5.74, 6) is -0.0603. The van der Waals surface area contributed by atoms with Crippen molar-refractivity contribution >= 4 is 5.95 Å². The van der Waals surface area contributed by atoms with Gasteiger partial charge in [0.25, 0.3) is 0 Å². The molecule has 0 amide bonds. The molecule has 0 aliphatic carbocycles. The third-order valence-corrected chi connectivity index (χ3v) is 2.65. The van der Waals surface area contributed by atoms with Crippen LogP contribution in [-0.4, -0.2) is 20.2 Å². The van der Waals surface area contributed by atoms with Crippen LogP contribution in [0, 0.1) is 13.8 Å². The lowest BCUT2D eigenvalue weighted by Gasteiger charge is -2.08. The molecule has 2 heterocycles. The Morgan fingerprint density at radius 1 is 1.32 bits per heavy atom. The molecule has 2 N–H and O–H groups in total. The first kappa shape index (κ1) is 13.3. The number of nitrogens with zero attached hydrogens (tertiary/aromatic N) is 3. The Bertz CT molecular complexity index is 556. The van der Waals surface area contributed by atoms with E-state index in [1.807, 2.05) is 13.8 Å². The van der Waals surface area contributed by atoms with E-state index in [4.69, 9.17) is 0 Å². The molecule has 0 aliphatic rings. The number of hydrogen-bond donors (Lipinski definition) is 2. The molecular formula is C11H12F3N5. The fourth-order valence-electron chi connectivity index (χ4n) is 1.60. The zero-order valence-electron chi connectivity index (χ0n) is 10.3. The summed E-state index contributed by atoms with van der Waals surface area (Å²) in [5.41, 5.74) is 1.57. The molecule has 0 radical (unpaired) electrons. The van der Waals surface area contributed by atoms with Crippen molar-refractivity contribution in [2.45, 2.75) is 26.6 Å². The van der Waals surface area contributed by atoms with Gasteiger partial charge in [0.15, 0.2) is 0 Å². The first-order chi connectivity index (χ1) is 8.88. The summed E-state index contributed by atoms with van der Waals surface area (Å²) >= 11 is 0. The molecule has 0 atom stereocenters. The molecule has 2 aromatic heterocycles. The van der Waals surface area contributed by atoms with E-state index in [2.05, 4.69) is 25.5 Å². The number of halogens is 3. The Morgan fingerprint density at radius 3 is 2.63 bits per heavy atom. The lowest BCUT2D eigenvalue weighted by molar-refractivity contribution is -0.141. The molecule has 0 bridgehead atoms. The number of nitrogens with one attached hydrogen (secondary N) is 2. The molecule has 102 valence electrons. The van der Waals surface area contributed by atoms with E-state index in [0.717, 1.165) is 29.2 Å². The van der Waals surface area contributed by atoms with Crippen molar-refractivity contribution in [1.82, 2.24) is 20.2 Å². The van der Waals surface area contributed by atoms with Gasteiger partial charge in [0.1, 0.15) is 5.69 Å². The monoisotopic (exact) mass is 271 g/mol. The van der Waals surface area contributed by atoms with Gasteiger partial charge in [-0.05, 0) is 19.9 Å². The number of alkyl halides is 3. The van der Waals surface area contributed by atoms with E-state index in [-0.39, 0.29) is 5.95 Å². The minimum Gasteiger partial charge on any atom is -0.350 e. The molecule has 5 nitrogen and oxygen atoms in total. The van der Waals surface area contributed by atoms with Gasteiger partial charge in [-0.1, -0.05) is 0 Å². The maximum atomic E-state index is 12.5. The molecule has 19 heavy (non-hydrogen) atoms. The van der Waals surface area contributed by atoms with Crippen LogP contribution in [0.2, 0.25) is 0 Å². The smallest absolute Gasteiger partial charge is 0.350 e. The molecule has 0 aromatic carbocycles. The molecule has 2 aromatic rings. The number of H-pyrrole nitrogens is 1.